The molecular weight excluding hydrogens is 326 g/mol. The topological polar surface area (TPSA) is 72.5 Å². The zero-order valence-corrected chi connectivity index (χ0v) is 14.4. The van der Waals surface area contributed by atoms with Gasteiger partial charge >= 0.3 is 6.09 Å². The summed E-state index contributed by atoms with van der Waals surface area (Å²) in [6.45, 7) is 2.16. The van der Waals surface area contributed by atoms with Crippen molar-refractivity contribution >= 4 is 16.1 Å². The molecule has 0 unspecified atom stereocenters. The molecule has 6 heteroatoms. The van der Waals surface area contributed by atoms with Crippen LogP contribution in [0.3, 0.4) is 0 Å². The van der Waals surface area contributed by atoms with E-state index in [1.165, 1.54) is 17.7 Å². The van der Waals surface area contributed by atoms with Crippen LogP contribution in [0.25, 0.3) is 0 Å². The lowest BCUT2D eigenvalue weighted by molar-refractivity contribution is 0.146. The Morgan fingerprint density at radius 3 is 2.25 bits per heavy atom. The van der Waals surface area contributed by atoms with E-state index in [1.807, 2.05) is 29.0 Å². The second-order valence-corrected chi connectivity index (χ2v) is 7.10. The number of rotatable bonds is 7. The fraction of sp³-hybridized carbons (Fsp3) is 0.278. The summed E-state index contributed by atoms with van der Waals surface area (Å²) in [7, 11) is -3.91. The molecule has 0 saturated heterocycles. The van der Waals surface area contributed by atoms with Crippen molar-refractivity contribution in [3.8, 4) is 0 Å². The van der Waals surface area contributed by atoms with Gasteiger partial charge in [0.25, 0.3) is 10.0 Å². The first-order valence-electron chi connectivity index (χ1n) is 7.83. The number of ether oxygens (including phenoxy) is 1. The molecule has 0 heterocycles. The van der Waals surface area contributed by atoms with Crippen LogP contribution in [0.1, 0.15) is 30.9 Å². The number of hydrogen-bond acceptors (Lipinski definition) is 4. The van der Waals surface area contributed by atoms with Gasteiger partial charge in [-0.2, -0.15) is 0 Å². The van der Waals surface area contributed by atoms with E-state index in [1.54, 1.807) is 18.2 Å². The third kappa shape index (κ3) is 5.38. The van der Waals surface area contributed by atoms with Crippen molar-refractivity contribution < 1.29 is 17.9 Å². The van der Waals surface area contributed by atoms with Gasteiger partial charge in [0.2, 0.25) is 0 Å². The van der Waals surface area contributed by atoms with Gasteiger partial charge in [0.05, 0.1) is 4.90 Å². The van der Waals surface area contributed by atoms with Crippen molar-refractivity contribution in [3.05, 3.63) is 65.7 Å². The number of nitrogens with one attached hydrogen (secondary N) is 1. The summed E-state index contributed by atoms with van der Waals surface area (Å²) in [6, 6.07) is 15.4. The van der Waals surface area contributed by atoms with Crippen LogP contribution in [0.15, 0.2) is 59.5 Å². The standard InChI is InChI=1S/C18H21NO4S/c1-2-3-7-15-10-12-16(13-11-15)14-23-18(20)19-24(21,22)17-8-5-4-6-9-17/h4-6,8-13H,2-3,7,14H2,1H3,(H,19,20). The van der Waals surface area contributed by atoms with E-state index in [0.717, 1.165) is 24.8 Å². The Hall–Kier alpha value is -2.34. The molecule has 2 rings (SSSR count). The van der Waals surface area contributed by atoms with Gasteiger partial charge in [-0.15, -0.1) is 0 Å². The Morgan fingerprint density at radius 2 is 1.62 bits per heavy atom. The first kappa shape index (κ1) is 18.0. The fourth-order valence-corrected chi connectivity index (χ4v) is 3.04. The van der Waals surface area contributed by atoms with Crippen LogP contribution in [0.5, 0.6) is 0 Å². The van der Waals surface area contributed by atoms with E-state index >= 15 is 0 Å². The SMILES string of the molecule is CCCCc1ccc(COC(=O)NS(=O)(=O)c2ccccc2)cc1. The van der Waals surface area contributed by atoms with Crippen LogP contribution < -0.4 is 4.72 Å². The number of carbonyl (C=O) groups is 1. The molecule has 128 valence electrons. The van der Waals surface area contributed by atoms with Crippen LogP contribution in [-0.4, -0.2) is 14.5 Å². The molecule has 0 aliphatic heterocycles. The van der Waals surface area contributed by atoms with Crippen molar-refractivity contribution in [2.24, 2.45) is 0 Å². The molecule has 24 heavy (non-hydrogen) atoms. The third-order valence-electron chi connectivity index (χ3n) is 3.48. The van der Waals surface area contributed by atoms with Crippen LogP contribution in [0.4, 0.5) is 4.79 Å². The molecule has 0 saturated carbocycles. The Labute approximate surface area is 142 Å². The van der Waals surface area contributed by atoms with Gasteiger partial charge in [-0.1, -0.05) is 55.8 Å². The van der Waals surface area contributed by atoms with E-state index in [2.05, 4.69) is 6.92 Å². The molecule has 0 spiro atoms. The number of benzene rings is 2. The summed E-state index contributed by atoms with van der Waals surface area (Å²) < 4.78 is 30.8. The minimum atomic E-state index is -3.91. The summed E-state index contributed by atoms with van der Waals surface area (Å²) in [5.74, 6) is 0. The zero-order valence-electron chi connectivity index (χ0n) is 13.6. The van der Waals surface area contributed by atoms with E-state index in [9.17, 15) is 13.2 Å². The fourth-order valence-electron chi connectivity index (χ4n) is 2.13. The summed E-state index contributed by atoms with van der Waals surface area (Å²) in [6.07, 6.45) is 2.30. The minimum absolute atomic E-state index is 0.0160. The normalized spacial score (nSPS) is 11.0. The lowest BCUT2D eigenvalue weighted by atomic mass is 10.1. The molecular formula is C18H21NO4S. The maximum atomic E-state index is 12.0. The average molecular weight is 347 g/mol. The van der Waals surface area contributed by atoms with E-state index in [-0.39, 0.29) is 11.5 Å². The molecule has 0 fully saturated rings. The predicted octanol–water partition coefficient (Wildman–Crippen LogP) is 3.64. The van der Waals surface area contributed by atoms with Gasteiger partial charge < -0.3 is 4.74 Å². The number of aryl methyl sites for hydroxylation is 1. The maximum absolute atomic E-state index is 12.0. The summed E-state index contributed by atoms with van der Waals surface area (Å²) in [5, 5.41) is 0. The number of amides is 1. The first-order valence-corrected chi connectivity index (χ1v) is 9.32. The molecule has 0 aliphatic rings. The van der Waals surface area contributed by atoms with E-state index in [0.29, 0.717) is 0 Å². The highest BCUT2D eigenvalue weighted by Crippen LogP contribution is 2.10. The molecule has 0 atom stereocenters. The van der Waals surface area contributed by atoms with Gasteiger partial charge in [0.1, 0.15) is 6.61 Å². The smallest absolute Gasteiger partial charge is 0.421 e. The second-order valence-electron chi connectivity index (χ2n) is 5.41. The van der Waals surface area contributed by atoms with Crippen LogP contribution >= 0.6 is 0 Å². The largest absolute Gasteiger partial charge is 0.444 e. The van der Waals surface area contributed by atoms with Crippen molar-refractivity contribution in [1.82, 2.24) is 4.72 Å². The highest BCUT2D eigenvalue weighted by molar-refractivity contribution is 7.90. The molecule has 0 radical (unpaired) electrons. The Bertz CT molecular complexity index is 755. The van der Waals surface area contributed by atoms with Gasteiger partial charge in [-0.25, -0.2) is 17.9 Å². The van der Waals surface area contributed by atoms with Crippen molar-refractivity contribution in [1.29, 1.82) is 0 Å². The number of sulfonamides is 1. The molecule has 2 aromatic rings. The Morgan fingerprint density at radius 1 is 1.00 bits per heavy atom. The van der Waals surface area contributed by atoms with E-state index in [4.69, 9.17) is 4.74 Å². The van der Waals surface area contributed by atoms with Gasteiger partial charge in [-0.05, 0) is 36.1 Å². The number of unbranched alkanes of at least 4 members (excludes halogenated alkanes) is 1. The van der Waals surface area contributed by atoms with Crippen molar-refractivity contribution in [2.75, 3.05) is 0 Å². The highest BCUT2D eigenvalue weighted by atomic mass is 32.2. The summed E-state index contributed by atoms with van der Waals surface area (Å²) in [5.41, 5.74) is 2.04. The van der Waals surface area contributed by atoms with Crippen LogP contribution in [0.2, 0.25) is 0 Å². The molecule has 1 N–H and O–H groups in total. The van der Waals surface area contributed by atoms with Crippen LogP contribution in [0, 0.1) is 0 Å². The third-order valence-corrected chi connectivity index (χ3v) is 4.81. The van der Waals surface area contributed by atoms with Gasteiger partial charge in [0.15, 0.2) is 0 Å². The highest BCUT2D eigenvalue weighted by Gasteiger charge is 2.17. The van der Waals surface area contributed by atoms with Crippen molar-refractivity contribution in [3.63, 3.8) is 0 Å². The lowest BCUT2D eigenvalue weighted by Gasteiger charge is -2.08. The molecule has 1 amide bonds. The van der Waals surface area contributed by atoms with Crippen LogP contribution in [-0.2, 0) is 27.8 Å². The zero-order chi connectivity index (χ0) is 17.4. The molecule has 5 nitrogen and oxygen atoms in total. The average Bonchev–Trinajstić information content (AvgIpc) is 2.59. The number of hydrogen-bond donors (Lipinski definition) is 1. The summed E-state index contributed by atoms with van der Waals surface area (Å²) >= 11 is 0. The monoisotopic (exact) mass is 347 g/mol. The van der Waals surface area contributed by atoms with Gasteiger partial charge in [0, 0.05) is 0 Å². The first-order chi connectivity index (χ1) is 11.5. The Kier molecular flexibility index (Phi) is 6.37. The molecule has 0 aromatic heterocycles. The lowest BCUT2D eigenvalue weighted by Crippen LogP contribution is -2.31. The predicted molar refractivity (Wildman–Crippen MR) is 92.0 cm³/mol. The quantitative estimate of drug-likeness (QED) is 0.830. The molecule has 0 bridgehead atoms. The summed E-state index contributed by atoms with van der Waals surface area (Å²) in [4.78, 5) is 11.7. The maximum Gasteiger partial charge on any atom is 0.421 e. The Balaban J connectivity index is 1.87. The van der Waals surface area contributed by atoms with E-state index < -0.39 is 16.1 Å². The second kappa shape index (κ2) is 8.49. The van der Waals surface area contributed by atoms with Crippen molar-refractivity contribution in [2.45, 2.75) is 37.7 Å². The molecule has 2 aromatic carbocycles. The number of carbonyl (C=O) groups excluding carboxylic acids is 1. The minimum Gasteiger partial charge on any atom is -0.444 e. The van der Waals surface area contributed by atoms with Gasteiger partial charge in [-0.3, -0.25) is 0 Å². The molecule has 0 aliphatic carbocycles.